The number of pyridine rings is 1. The smallest absolute Gasteiger partial charge is 0.407 e. The average molecular weight is 408 g/mol. The van der Waals surface area contributed by atoms with Gasteiger partial charge in [-0.2, -0.15) is 4.73 Å². The highest BCUT2D eigenvalue weighted by Gasteiger charge is 2.33. The maximum atomic E-state index is 11.3. The molecule has 2 aliphatic rings. The van der Waals surface area contributed by atoms with E-state index in [4.69, 9.17) is 14.5 Å². The molecule has 1 atom stereocenters. The van der Waals surface area contributed by atoms with Crippen LogP contribution in [0, 0.1) is 6.92 Å². The van der Waals surface area contributed by atoms with Gasteiger partial charge >= 0.3 is 6.09 Å². The van der Waals surface area contributed by atoms with Crippen molar-refractivity contribution in [3.63, 3.8) is 0 Å². The highest BCUT2D eigenvalue weighted by atomic mass is 16.7. The number of likely N-dealkylation sites (tertiary alicyclic amines) is 1. The SMILES string of the molecule is Cc1cccc(-c2c(-c3ccc4c(c3)OCO4)nc(C3CCN(C(=O)O)C3)n2O)n1. The molecular weight excluding hydrogens is 388 g/mol. The molecule has 0 aliphatic carbocycles. The van der Waals surface area contributed by atoms with Crippen molar-refractivity contribution in [2.45, 2.75) is 19.3 Å². The average Bonchev–Trinajstić information content (AvgIpc) is 3.45. The summed E-state index contributed by atoms with van der Waals surface area (Å²) in [5, 5.41) is 20.4. The molecule has 0 spiro atoms. The second-order valence-corrected chi connectivity index (χ2v) is 7.43. The summed E-state index contributed by atoms with van der Waals surface area (Å²) in [4.78, 5) is 22.0. The van der Waals surface area contributed by atoms with Gasteiger partial charge < -0.3 is 24.7 Å². The van der Waals surface area contributed by atoms with Gasteiger partial charge in [0, 0.05) is 30.3 Å². The van der Waals surface area contributed by atoms with Gasteiger partial charge in [-0.05, 0) is 43.7 Å². The van der Waals surface area contributed by atoms with Gasteiger partial charge in [-0.15, -0.1) is 0 Å². The largest absolute Gasteiger partial charge is 0.465 e. The van der Waals surface area contributed by atoms with Crippen LogP contribution < -0.4 is 9.47 Å². The molecule has 1 saturated heterocycles. The van der Waals surface area contributed by atoms with E-state index in [0.29, 0.717) is 47.4 Å². The molecule has 1 fully saturated rings. The number of hydrogen-bond donors (Lipinski definition) is 2. The first kappa shape index (κ1) is 18.3. The lowest BCUT2D eigenvalue weighted by molar-refractivity contribution is 0.152. The summed E-state index contributed by atoms with van der Waals surface area (Å²) in [5.74, 6) is 1.48. The summed E-state index contributed by atoms with van der Waals surface area (Å²) in [6.45, 7) is 2.74. The Morgan fingerprint density at radius 2 is 2.00 bits per heavy atom. The van der Waals surface area contributed by atoms with E-state index >= 15 is 0 Å². The highest BCUT2D eigenvalue weighted by molar-refractivity contribution is 5.79. The van der Waals surface area contributed by atoms with Crippen molar-refractivity contribution < 1.29 is 24.6 Å². The molecule has 30 heavy (non-hydrogen) atoms. The number of carboxylic acid groups (broad SMARTS) is 1. The lowest BCUT2D eigenvalue weighted by Gasteiger charge is -2.12. The predicted octanol–water partition coefficient (Wildman–Crippen LogP) is 3.35. The van der Waals surface area contributed by atoms with Gasteiger partial charge in [0.2, 0.25) is 6.79 Å². The second-order valence-electron chi connectivity index (χ2n) is 7.43. The first-order valence-corrected chi connectivity index (χ1v) is 9.65. The van der Waals surface area contributed by atoms with E-state index in [1.165, 1.54) is 4.90 Å². The summed E-state index contributed by atoms with van der Waals surface area (Å²) in [5.41, 5.74) is 3.15. The zero-order valence-corrected chi connectivity index (χ0v) is 16.3. The van der Waals surface area contributed by atoms with Gasteiger partial charge in [-0.1, -0.05) is 6.07 Å². The van der Waals surface area contributed by atoms with Crippen LogP contribution in [0.1, 0.15) is 23.9 Å². The van der Waals surface area contributed by atoms with Crippen LogP contribution in [0.2, 0.25) is 0 Å². The fourth-order valence-electron chi connectivity index (χ4n) is 3.99. The summed E-state index contributed by atoms with van der Waals surface area (Å²) < 4.78 is 11.9. The highest BCUT2D eigenvalue weighted by Crippen LogP contribution is 2.40. The van der Waals surface area contributed by atoms with Gasteiger partial charge in [0.05, 0.1) is 5.69 Å². The molecule has 2 aliphatic heterocycles. The van der Waals surface area contributed by atoms with Crippen molar-refractivity contribution in [2.24, 2.45) is 0 Å². The quantitative estimate of drug-likeness (QED) is 0.640. The monoisotopic (exact) mass is 408 g/mol. The van der Waals surface area contributed by atoms with Crippen molar-refractivity contribution >= 4 is 6.09 Å². The lowest BCUT2D eigenvalue weighted by Crippen LogP contribution is -2.26. The molecule has 2 aromatic heterocycles. The molecule has 0 bridgehead atoms. The van der Waals surface area contributed by atoms with Gasteiger partial charge in [-0.25, -0.2) is 9.78 Å². The van der Waals surface area contributed by atoms with E-state index in [9.17, 15) is 15.1 Å². The van der Waals surface area contributed by atoms with Crippen molar-refractivity contribution in [2.75, 3.05) is 19.9 Å². The Morgan fingerprint density at radius 1 is 1.17 bits per heavy atom. The lowest BCUT2D eigenvalue weighted by atomic mass is 10.1. The Labute approximate surface area is 172 Å². The van der Waals surface area contributed by atoms with E-state index < -0.39 is 6.09 Å². The fourth-order valence-corrected chi connectivity index (χ4v) is 3.99. The normalized spacial score (nSPS) is 17.5. The van der Waals surface area contributed by atoms with Crippen LogP contribution in [-0.2, 0) is 0 Å². The number of carbonyl (C=O) groups is 1. The Bertz CT molecular complexity index is 1140. The standard InChI is InChI=1S/C21H20N4O5/c1-12-3-2-4-15(22-12)19-18(13-5-6-16-17(9-13)30-11-29-16)23-20(25(19)28)14-7-8-24(10-14)21(26)27/h2-6,9,14,28H,7-8,10-11H2,1H3,(H,26,27). The number of benzene rings is 1. The molecule has 1 aromatic carbocycles. The first-order valence-electron chi connectivity index (χ1n) is 9.65. The van der Waals surface area contributed by atoms with Crippen LogP contribution in [-0.4, -0.2) is 55.9 Å². The Balaban J connectivity index is 1.64. The molecule has 9 nitrogen and oxygen atoms in total. The van der Waals surface area contributed by atoms with Crippen LogP contribution in [0.4, 0.5) is 4.79 Å². The topological polar surface area (TPSA) is 110 Å². The van der Waals surface area contributed by atoms with Crippen LogP contribution in [0.25, 0.3) is 22.6 Å². The van der Waals surface area contributed by atoms with E-state index in [0.717, 1.165) is 16.0 Å². The number of fused-ring (bicyclic) bond motifs is 1. The maximum Gasteiger partial charge on any atom is 0.407 e. The first-order chi connectivity index (χ1) is 14.5. The van der Waals surface area contributed by atoms with Crippen LogP contribution in [0.5, 0.6) is 11.5 Å². The molecule has 9 heteroatoms. The minimum absolute atomic E-state index is 0.165. The van der Waals surface area contributed by atoms with Crippen LogP contribution >= 0.6 is 0 Å². The number of rotatable bonds is 3. The molecule has 4 heterocycles. The van der Waals surface area contributed by atoms with Crippen LogP contribution in [0.15, 0.2) is 36.4 Å². The second kappa shape index (κ2) is 6.94. The maximum absolute atomic E-state index is 11.3. The molecular formula is C21H20N4O5. The molecule has 5 rings (SSSR count). The Hall–Kier alpha value is -3.75. The van der Waals surface area contributed by atoms with E-state index in [-0.39, 0.29) is 19.3 Å². The number of amides is 1. The molecule has 0 radical (unpaired) electrons. The van der Waals surface area contributed by atoms with Gasteiger partial charge in [0.1, 0.15) is 11.4 Å². The van der Waals surface area contributed by atoms with Gasteiger partial charge in [0.15, 0.2) is 17.3 Å². The summed E-state index contributed by atoms with van der Waals surface area (Å²) in [6, 6.07) is 11.1. The molecule has 3 aromatic rings. The van der Waals surface area contributed by atoms with Crippen molar-refractivity contribution in [3.05, 3.63) is 47.9 Å². The number of aromatic nitrogens is 3. The summed E-state index contributed by atoms with van der Waals surface area (Å²) in [7, 11) is 0. The fraction of sp³-hybridized carbons (Fsp3) is 0.286. The molecule has 1 unspecified atom stereocenters. The third-order valence-electron chi connectivity index (χ3n) is 5.48. The number of imidazole rings is 1. The number of ether oxygens (including phenoxy) is 2. The number of aryl methyl sites for hydroxylation is 1. The zero-order chi connectivity index (χ0) is 20.8. The van der Waals surface area contributed by atoms with E-state index in [1.54, 1.807) is 0 Å². The van der Waals surface area contributed by atoms with Crippen molar-refractivity contribution in [3.8, 4) is 34.1 Å². The van der Waals surface area contributed by atoms with E-state index in [2.05, 4.69) is 4.98 Å². The van der Waals surface area contributed by atoms with Gasteiger partial charge in [-0.3, -0.25) is 4.98 Å². The molecule has 1 amide bonds. The number of nitrogens with zero attached hydrogens (tertiary/aromatic N) is 4. The number of hydrogen-bond acceptors (Lipinski definition) is 6. The predicted molar refractivity (Wildman–Crippen MR) is 106 cm³/mol. The molecule has 2 N–H and O–H groups in total. The third-order valence-corrected chi connectivity index (χ3v) is 5.48. The van der Waals surface area contributed by atoms with Crippen LogP contribution in [0.3, 0.4) is 0 Å². The van der Waals surface area contributed by atoms with Crippen molar-refractivity contribution in [1.29, 1.82) is 0 Å². The minimum atomic E-state index is -0.967. The van der Waals surface area contributed by atoms with Gasteiger partial charge in [0.25, 0.3) is 0 Å². The third kappa shape index (κ3) is 2.99. The summed E-state index contributed by atoms with van der Waals surface area (Å²) in [6.07, 6.45) is -0.379. The van der Waals surface area contributed by atoms with E-state index in [1.807, 2.05) is 43.3 Å². The summed E-state index contributed by atoms with van der Waals surface area (Å²) >= 11 is 0. The Kier molecular flexibility index (Phi) is 4.23. The Morgan fingerprint density at radius 3 is 2.77 bits per heavy atom. The molecule has 154 valence electrons. The minimum Gasteiger partial charge on any atom is -0.465 e. The van der Waals surface area contributed by atoms with Crippen molar-refractivity contribution in [1.82, 2.24) is 19.6 Å². The zero-order valence-electron chi connectivity index (χ0n) is 16.3. The molecule has 0 saturated carbocycles.